The van der Waals surface area contributed by atoms with Crippen LogP contribution < -0.4 is 5.32 Å². The number of ether oxygens (including phenoxy) is 2. The van der Waals surface area contributed by atoms with Gasteiger partial charge in [0, 0.05) is 5.69 Å². The van der Waals surface area contributed by atoms with E-state index in [1.165, 1.54) is 19.2 Å². The van der Waals surface area contributed by atoms with E-state index in [4.69, 9.17) is 4.74 Å². The molecular weight excluding hydrogens is 382 g/mol. The molecule has 6 heteroatoms. The molecule has 30 heavy (non-hydrogen) atoms. The van der Waals surface area contributed by atoms with Crippen molar-refractivity contribution in [2.24, 2.45) is 0 Å². The molecule has 0 radical (unpaired) electrons. The van der Waals surface area contributed by atoms with Gasteiger partial charge in [0.15, 0.2) is 6.61 Å². The Kier molecular flexibility index (Phi) is 6.95. The average molecular weight is 403 g/mol. The van der Waals surface area contributed by atoms with E-state index in [0.717, 1.165) is 11.1 Å². The van der Waals surface area contributed by atoms with Crippen molar-refractivity contribution in [3.63, 3.8) is 0 Å². The van der Waals surface area contributed by atoms with Gasteiger partial charge in [-0.3, -0.25) is 4.79 Å². The third-order valence-corrected chi connectivity index (χ3v) is 4.40. The lowest BCUT2D eigenvalue weighted by Crippen LogP contribution is -2.21. The maximum absolute atomic E-state index is 12.5. The summed E-state index contributed by atoms with van der Waals surface area (Å²) < 4.78 is 9.82. The number of anilines is 1. The molecule has 1 N–H and O–H groups in total. The van der Waals surface area contributed by atoms with E-state index < -0.39 is 24.5 Å². The van der Waals surface area contributed by atoms with Crippen LogP contribution >= 0.6 is 0 Å². The van der Waals surface area contributed by atoms with E-state index in [-0.39, 0.29) is 0 Å². The summed E-state index contributed by atoms with van der Waals surface area (Å²) in [5.41, 5.74) is 3.18. The molecule has 0 spiro atoms. The highest BCUT2D eigenvalue weighted by atomic mass is 16.5. The van der Waals surface area contributed by atoms with Gasteiger partial charge in [-0.05, 0) is 47.9 Å². The third kappa shape index (κ3) is 5.54. The van der Waals surface area contributed by atoms with Crippen LogP contribution in [0.15, 0.2) is 78.9 Å². The summed E-state index contributed by atoms with van der Waals surface area (Å²) >= 11 is 0. The summed E-state index contributed by atoms with van der Waals surface area (Å²) in [5, 5.41) is 2.62. The molecule has 0 aromatic heterocycles. The number of rotatable bonds is 7. The van der Waals surface area contributed by atoms with Crippen LogP contribution in [-0.2, 0) is 20.7 Å². The van der Waals surface area contributed by atoms with Crippen molar-refractivity contribution in [3.8, 4) is 0 Å². The van der Waals surface area contributed by atoms with Crippen LogP contribution in [0, 0.1) is 0 Å². The van der Waals surface area contributed by atoms with Gasteiger partial charge in [0.05, 0.1) is 18.2 Å². The summed E-state index contributed by atoms with van der Waals surface area (Å²) in [6.45, 7) is -0.419. The molecular formula is C24H21NO5. The predicted octanol–water partition coefficient (Wildman–Crippen LogP) is 3.86. The van der Waals surface area contributed by atoms with Gasteiger partial charge in [0.2, 0.25) is 0 Å². The summed E-state index contributed by atoms with van der Waals surface area (Å²) in [5.74, 6) is -1.50. The van der Waals surface area contributed by atoms with E-state index in [0.29, 0.717) is 23.2 Å². The first-order valence-electron chi connectivity index (χ1n) is 9.34. The van der Waals surface area contributed by atoms with E-state index in [1.54, 1.807) is 24.3 Å². The molecule has 6 nitrogen and oxygen atoms in total. The number of benzene rings is 3. The van der Waals surface area contributed by atoms with Crippen molar-refractivity contribution >= 4 is 23.5 Å². The molecule has 1 amide bonds. The molecule has 0 fully saturated rings. The number of hydrogen-bond donors (Lipinski definition) is 1. The Bertz CT molecular complexity index is 1030. The van der Waals surface area contributed by atoms with Crippen LogP contribution in [0.1, 0.15) is 31.8 Å². The Balaban J connectivity index is 1.58. The number of nitrogens with one attached hydrogen (secondary N) is 1. The first-order valence-corrected chi connectivity index (χ1v) is 9.34. The molecule has 0 atom stereocenters. The number of carbonyl (C=O) groups excluding carboxylic acids is 3. The summed E-state index contributed by atoms with van der Waals surface area (Å²) in [6, 6.07) is 23.2. The van der Waals surface area contributed by atoms with Gasteiger partial charge in [-0.2, -0.15) is 0 Å². The minimum Gasteiger partial charge on any atom is -0.465 e. The molecule has 0 heterocycles. The first kappa shape index (κ1) is 20.8. The van der Waals surface area contributed by atoms with E-state index in [2.05, 4.69) is 10.1 Å². The van der Waals surface area contributed by atoms with E-state index in [9.17, 15) is 14.4 Å². The third-order valence-electron chi connectivity index (χ3n) is 4.40. The van der Waals surface area contributed by atoms with Gasteiger partial charge in [-0.1, -0.05) is 48.5 Å². The van der Waals surface area contributed by atoms with Crippen LogP contribution in [-0.4, -0.2) is 31.6 Å². The second-order valence-electron chi connectivity index (χ2n) is 6.51. The average Bonchev–Trinajstić information content (AvgIpc) is 2.78. The van der Waals surface area contributed by atoms with Gasteiger partial charge in [0.25, 0.3) is 5.91 Å². The zero-order chi connectivity index (χ0) is 21.3. The molecule has 0 aliphatic carbocycles. The lowest BCUT2D eigenvalue weighted by Gasteiger charge is -2.10. The van der Waals surface area contributed by atoms with E-state index >= 15 is 0 Å². The molecule has 0 aliphatic heterocycles. The van der Waals surface area contributed by atoms with Gasteiger partial charge >= 0.3 is 11.9 Å². The quantitative estimate of drug-likeness (QED) is 0.606. The highest BCUT2D eigenvalue weighted by Crippen LogP contribution is 2.16. The fraction of sp³-hybridized carbons (Fsp3) is 0.125. The number of esters is 2. The molecule has 0 saturated carbocycles. The first-order chi connectivity index (χ1) is 14.6. The topological polar surface area (TPSA) is 81.7 Å². The lowest BCUT2D eigenvalue weighted by atomic mass is 10.00. The smallest absolute Gasteiger partial charge is 0.338 e. The maximum Gasteiger partial charge on any atom is 0.338 e. The lowest BCUT2D eigenvalue weighted by molar-refractivity contribution is -0.119. The molecule has 3 rings (SSSR count). The Morgan fingerprint density at radius 2 is 1.47 bits per heavy atom. The second kappa shape index (κ2) is 10.0. The molecule has 0 aliphatic rings. The standard InChI is InChI=1S/C24H21NO5/c1-29-23(27)18-11-13-20(14-12-18)25-22(26)16-30-24(28)21-10-6-5-9-19(21)15-17-7-3-2-4-8-17/h2-14H,15-16H2,1H3,(H,25,26). The molecule has 0 unspecified atom stereocenters. The van der Waals surface area contributed by atoms with Crippen LogP contribution in [0.5, 0.6) is 0 Å². The van der Waals surface area contributed by atoms with Gasteiger partial charge in [-0.25, -0.2) is 9.59 Å². The Morgan fingerprint density at radius 1 is 0.800 bits per heavy atom. The summed E-state index contributed by atoms with van der Waals surface area (Å²) in [6.07, 6.45) is 0.588. The van der Waals surface area contributed by atoms with Crippen LogP contribution in [0.25, 0.3) is 0 Å². The van der Waals surface area contributed by atoms with Crippen LogP contribution in [0.3, 0.4) is 0 Å². The molecule has 0 bridgehead atoms. The van der Waals surface area contributed by atoms with Crippen LogP contribution in [0.2, 0.25) is 0 Å². The van der Waals surface area contributed by atoms with Crippen molar-refractivity contribution in [3.05, 3.63) is 101 Å². The minimum atomic E-state index is -0.558. The van der Waals surface area contributed by atoms with Crippen molar-refractivity contribution in [1.29, 1.82) is 0 Å². The zero-order valence-corrected chi connectivity index (χ0v) is 16.5. The van der Waals surface area contributed by atoms with Gasteiger partial charge in [0.1, 0.15) is 0 Å². The normalized spacial score (nSPS) is 10.2. The van der Waals surface area contributed by atoms with Gasteiger partial charge in [-0.15, -0.1) is 0 Å². The SMILES string of the molecule is COC(=O)c1ccc(NC(=O)COC(=O)c2ccccc2Cc2ccccc2)cc1. The Hall–Kier alpha value is -3.93. The zero-order valence-electron chi connectivity index (χ0n) is 16.5. The molecule has 0 saturated heterocycles. The largest absolute Gasteiger partial charge is 0.465 e. The van der Waals surface area contributed by atoms with Crippen molar-refractivity contribution < 1.29 is 23.9 Å². The summed E-state index contributed by atoms with van der Waals surface area (Å²) in [4.78, 5) is 36.1. The number of amides is 1. The number of carbonyl (C=O) groups is 3. The fourth-order valence-electron chi connectivity index (χ4n) is 2.90. The Labute approximate surface area is 174 Å². The summed E-state index contributed by atoms with van der Waals surface area (Å²) in [7, 11) is 1.30. The number of methoxy groups -OCH3 is 1. The number of hydrogen-bond acceptors (Lipinski definition) is 5. The highest BCUT2D eigenvalue weighted by molar-refractivity contribution is 5.96. The molecule has 3 aromatic rings. The van der Waals surface area contributed by atoms with Crippen LogP contribution in [0.4, 0.5) is 5.69 Å². The van der Waals surface area contributed by atoms with Crippen molar-refractivity contribution in [2.75, 3.05) is 19.0 Å². The maximum atomic E-state index is 12.5. The monoisotopic (exact) mass is 403 g/mol. The Morgan fingerprint density at radius 3 is 2.17 bits per heavy atom. The second-order valence-corrected chi connectivity index (χ2v) is 6.51. The van der Waals surface area contributed by atoms with Crippen molar-refractivity contribution in [2.45, 2.75) is 6.42 Å². The fourth-order valence-corrected chi connectivity index (χ4v) is 2.90. The predicted molar refractivity (Wildman–Crippen MR) is 112 cm³/mol. The molecule has 3 aromatic carbocycles. The minimum absolute atomic E-state index is 0.372. The van der Waals surface area contributed by atoms with Crippen molar-refractivity contribution in [1.82, 2.24) is 0 Å². The van der Waals surface area contributed by atoms with E-state index in [1.807, 2.05) is 42.5 Å². The highest BCUT2D eigenvalue weighted by Gasteiger charge is 2.15. The van der Waals surface area contributed by atoms with Gasteiger partial charge < -0.3 is 14.8 Å². The molecule has 152 valence electrons.